The lowest BCUT2D eigenvalue weighted by Crippen LogP contribution is -2.40. The molecule has 7 nitrogen and oxygen atoms in total. The summed E-state index contributed by atoms with van der Waals surface area (Å²) in [5.41, 5.74) is 3.36. The number of nitrogens with one attached hydrogen (secondary N) is 1. The van der Waals surface area contributed by atoms with Gasteiger partial charge in [-0.15, -0.1) is 0 Å². The van der Waals surface area contributed by atoms with Gasteiger partial charge in [-0.1, -0.05) is 43.3 Å². The van der Waals surface area contributed by atoms with Crippen molar-refractivity contribution in [2.45, 2.75) is 45.8 Å². The van der Waals surface area contributed by atoms with Gasteiger partial charge in [-0.05, 0) is 30.5 Å². The van der Waals surface area contributed by atoms with Crippen LogP contribution in [0.25, 0.3) is 0 Å². The van der Waals surface area contributed by atoms with E-state index < -0.39 is 0 Å². The van der Waals surface area contributed by atoms with Crippen LogP contribution in [-0.4, -0.2) is 34.0 Å². The summed E-state index contributed by atoms with van der Waals surface area (Å²) in [6, 6.07) is 17.5. The SMILES string of the molecule is CCCc1nc2c(c(=O)n1CC(=O)Nc1cccc(OC)c1)CCN(Cc1ccccc1)C2. The normalized spacial score (nSPS) is 13.4. The van der Waals surface area contributed by atoms with Gasteiger partial charge in [-0.3, -0.25) is 19.1 Å². The Kier molecular flexibility index (Phi) is 7.19. The number of amides is 1. The Morgan fingerprint density at radius 2 is 1.97 bits per heavy atom. The van der Waals surface area contributed by atoms with Crippen LogP contribution in [0.1, 0.15) is 36.0 Å². The molecule has 0 fully saturated rings. The van der Waals surface area contributed by atoms with E-state index >= 15 is 0 Å². The molecule has 0 bridgehead atoms. The predicted octanol–water partition coefficient (Wildman–Crippen LogP) is 3.40. The summed E-state index contributed by atoms with van der Waals surface area (Å²) in [7, 11) is 1.58. The number of nitrogens with zero attached hydrogens (tertiary/aromatic N) is 3. The maximum Gasteiger partial charge on any atom is 0.257 e. The fourth-order valence-electron chi connectivity index (χ4n) is 4.23. The molecule has 1 aliphatic heterocycles. The molecule has 1 amide bonds. The number of aryl methyl sites for hydroxylation is 1. The number of methoxy groups -OCH3 is 1. The molecule has 0 saturated heterocycles. The van der Waals surface area contributed by atoms with Gasteiger partial charge in [0.1, 0.15) is 18.1 Å². The molecule has 3 aromatic rings. The minimum Gasteiger partial charge on any atom is -0.497 e. The van der Waals surface area contributed by atoms with E-state index in [0.29, 0.717) is 36.6 Å². The van der Waals surface area contributed by atoms with Crippen LogP contribution in [0.15, 0.2) is 59.4 Å². The van der Waals surface area contributed by atoms with Crippen molar-refractivity contribution in [2.75, 3.05) is 19.0 Å². The van der Waals surface area contributed by atoms with Crippen molar-refractivity contribution in [3.05, 3.63) is 87.6 Å². The number of carbonyl (C=O) groups is 1. The second-order valence-corrected chi connectivity index (χ2v) is 8.32. The standard InChI is InChI=1S/C26H30N4O3/c1-3-8-24-28-23-17-29(16-19-9-5-4-6-10-19)14-13-22(23)26(32)30(24)18-25(31)27-20-11-7-12-21(15-20)33-2/h4-7,9-12,15H,3,8,13-14,16-18H2,1-2H3,(H,27,31). The zero-order valence-electron chi connectivity index (χ0n) is 19.2. The molecule has 4 rings (SSSR count). The summed E-state index contributed by atoms with van der Waals surface area (Å²) in [5.74, 6) is 1.07. The first-order chi connectivity index (χ1) is 16.1. The molecule has 0 saturated carbocycles. The van der Waals surface area contributed by atoms with Gasteiger partial charge in [0, 0.05) is 43.4 Å². The summed E-state index contributed by atoms with van der Waals surface area (Å²) in [6.07, 6.45) is 2.13. The first-order valence-electron chi connectivity index (χ1n) is 11.4. The Morgan fingerprint density at radius 3 is 2.73 bits per heavy atom. The van der Waals surface area contributed by atoms with Crippen molar-refractivity contribution in [3.63, 3.8) is 0 Å². The molecule has 0 atom stereocenters. The summed E-state index contributed by atoms with van der Waals surface area (Å²) < 4.78 is 6.76. The highest BCUT2D eigenvalue weighted by atomic mass is 16.5. The van der Waals surface area contributed by atoms with Crippen LogP contribution in [0.3, 0.4) is 0 Å². The molecule has 0 unspecified atom stereocenters. The van der Waals surface area contributed by atoms with E-state index in [1.807, 2.05) is 37.3 Å². The molecule has 1 aromatic heterocycles. The number of ether oxygens (including phenoxy) is 1. The predicted molar refractivity (Wildman–Crippen MR) is 128 cm³/mol. The molecule has 172 valence electrons. The van der Waals surface area contributed by atoms with Crippen LogP contribution in [-0.2, 0) is 37.3 Å². The third-order valence-corrected chi connectivity index (χ3v) is 5.86. The van der Waals surface area contributed by atoms with Crippen LogP contribution >= 0.6 is 0 Å². The molecule has 1 N–H and O–H groups in total. The third-order valence-electron chi connectivity index (χ3n) is 5.86. The lowest BCUT2D eigenvalue weighted by molar-refractivity contribution is -0.116. The Bertz CT molecular complexity index is 1170. The van der Waals surface area contributed by atoms with Crippen LogP contribution in [0.5, 0.6) is 5.75 Å². The molecule has 7 heteroatoms. The van der Waals surface area contributed by atoms with Gasteiger partial charge < -0.3 is 10.1 Å². The highest BCUT2D eigenvalue weighted by molar-refractivity contribution is 5.90. The van der Waals surface area contributed by atoms with Crippen molar-refractivity contribution in [3.8, 4) is 5.75 Å². The molecule has 2 heterocycles. The zero-order chi connectivity index (χ0) is 23.2. The van der Waals surface area contributed by atoms with E-state index in [2.05, 4.69) is 22.3 Å². The Hall–Kier alpha value is -3.45. The highest BCUT2D eigenvalue weighted by Crippen LogP contribution is 2.19. The monoisotopic (exact) mass is 446 g/mol. The summed E-state index contributed by atoms with van der Waals surface area (Å²) in [5, 5.41) is 2.86. The summed E-state index contributed by atoms with van der Waals surface area (Å²) in [4.78, 5) is 33.3. The summed E-state index contributed by atoms with van der Waals surface area (Å²) >= 11 is 0. The van der Waals surface area contributed by atoms with E-state index in [0.717, 1.165) is 30.8 Å². The number of fused-ring (bicyclic) bond motifs is 1. The molecule has 2 aromatic carbocycles. The number of aromatic nitrogens is 2. The van der Waals surface area contributed by atoms with Crippen molar-refractivity contribution in [1.29, 1.82) is 0 Å². The van der Waals surface area contributed by atoms with Crippen molar-refractivity contribution < 1.29 is 9.53 Å². The number of benzene rings is 2. The van der Waals surface area contributed by atoms with Crippen LogP contribution in [0, 0.1) is 0 Å². The Morgan fingerprint density at radius 1 is 1.15 bits per heavy atom. The minimum absolute atomic E-state index is 0.0562. The van der Waals surface area contributed by atoms with Crippen molar-refractivity contribution >= 4 is 11.6 Å². The van der Waals surface area contributed by atoms with E-state index in [1.165, 1.54) is 5.56 Å². The van der Waals surface area contributed by atoms with E-state index in [-0.39, 0.29) is 18.0 Å². The number of anilines is 1. The number of carbonyl (C=O) groups excluding carboxylic acids is 1. The van der Waals surface area contributed by atoms with Gasteiger partial charge in [-0.2, -0.15) is 0 Å². The average Bonchev–Trinajstić information content (AvgIpc) is 2.82. The van der Waals surface area contributed by atoms with E-state index in [4.69, 9.17) is 9.72 Å². The molecule has 0 aliphatic carbocycles. The van der Waals surface area contributed by atoms with Gasteiger partial charge >= 0.3 is 0 Å². The molecule has 0 radical (unpaired) electrons. The fraction of sp³-hybridized carbons (Fsp3) is 0.346. The lowest BCUT2D eigenvalue weighted by Gasteiger charge is -2.29. The molecular weight excluding hydrogens is 416 g/mol. The second kappa shape index (κ2) is 10.4. The number of hydrogen-bond acceptors (Lipinski definition) is 5. The van der Waals surface area contributed by atoms with Crippen molar-refractivity contribution in [1.82, 2.24) is 14.5 Å². The Balaban J connectivity index is 1.54. The number of rotatable bonds is 8. The number of hydrogen-bond donors (Lipinski definition) is 1. The van der Waals surface area contributed by atoms with E-state index in [9.17, 15) is 9.59 Å². The van der Waals surface area contributed by atoms with Gasteiger partial charge in [-0.25, -0.2) is 4.98 Å². The highest BCUT2D eigenvalue weighted by Gasteiger charge is 2.24. The first kappa shape index (κ1) is 22.7. The van der Waals surface area contributed by atoms with Gasteiger partial charge in [0.25, 0.3) is 5.56 Å². The topological polar surface area (TPSA) is 76.5 Å². The molecule has 1 aliphatic rings. The molecule has 0 spiro atoms. The summed E-state index contributed by atoms with van der Waals surface area (Å²) in [6.45, 7) is 4.26. The zero-order valence-corrected chi connectivity index (χ0v) is 19.2. The minimum atomic E-state index is -0.258. The maximum atomic E-state index is 13.4. The first-order valence-corrected chi connectivity index (χ1v) is 11.4. The largest absolute Gasteiger partial charge is 0.497 e. The molecular formula is C26H30N4O3. The maximum absolute atomic E-state index is 13.4. The Labute approximate surface area is 194 Å². The van der Waals surface area contributed by atoms with Crippen LogP contribution < -0.4 is 15.6 Å². The van der Waals surface area contributed by atoms with E-state index in [1.54, 1.807) is 23.8 Å². The van der Waals surface area contributed by atoms with Crippen LogP contribution in [0.4, 0.5) is 5.69 Å². The quantitative estimate of drug-likeness (QED) is 0.574. The molecule has 33 heavy (non-hydrogen) atoms. The second-order valence-electron chi connectivity index (χ2n) is 8.32. The van der Waals surface area contributed by atoms with Crippen LogP contribution in [0.2, 0.25) is 0 Å². The van der Waals surface area contributed by atoms with Gasteiger partial charge in [0.2, 0.25) is 5.91 Å². The van der Waals surface area contributed by atoms with Gasteiger partial charge in [0.15, 0.2) is 0 Å². The third kappa shape index (κ3) is 5.49. The fourth-order valence-corrected chi connectivity index (χ4v) is 4.23. The average molecular weight is 447 g/mol. The van der Waals surface area contributed by atoms with Crippen molar-refractivity contribution in [2.24, 2.45) is 0 Å². The lowest BCUT2D eigenvalue weighted by atomic mass is 10.0. The van der Waals surface area contributed by atoms with Gasteiger partial charge in [0.05, 0.1) is 12.8 Å². The smallest absolute Gasteiger partial charge is 0.257 e.